The summed E-state index contributed by atoms with van der Waals surface area (Å²) in [7, 11) is 2.97. The average molecular weight is 287 g/mol. The monoisotopic (exact) mass is 287 g/mol. The van der Waals surface area contributed by atoms with Crippen LogP contribution in [0.2, 0.25) is 0 Å². The Balaban J connectivity index is 2.73. The molecule has 0 spiro atoms. The van der Waals surface area contributed by atoms with Gasteiger partial charge in [-0.2, -0.15) is 0 Å². The van der Waals surface area contributed by atoms with Crippen LogP contribution in [0.25, 0.3) is 17.0 Å². The van der Waals surface area contributed by atoms with Crippen molar-refractivity contribution in [2.75, 3.05) is 14.2 Å². The van der Waals surface area contributed by atoms with Crippen LogP contribution in [0, 0.1) is 10.1 Å². The predicted molar refractivity (Wildman–Crippen MR) is 78.1 cm³/mol. The molecule has 1 amide bonds. The van der Waals surface area contributed by atoms with Crippen LogP contribution in [0.1, 0.15) is 5.56 Å². The summed E-state index contributed by atoms with van der Waals surface area (Å²) < 4.78 is 5.18. The Kier molecular flexibility index (Phi) is 4.13. The number of likely N-dealkylation sites (N-methyl/N-ethyl adjacent to an activating group) is 1. The van der Waals surface area contributed by atoms with E-state index in [1.54, 1.807) is 6.07 Å². The lowest BCUT2D eigenvalue weighted by Gasteiger charge is -2.07. The number of rotatable bonds is 4. The van der Waals surface area contributed by atoms with Crippen LogP contribution >= 0.6 is 0 Å². The Morgan fingerprint density at radius 2 is 2.19 bits per heavy atom. The minimum Gasteiger partial charge on any atom is -0.494 e. The molecule has 0 aliphatic rings. The van der Waals surface area contributed by atoms with Gasteiger partial charge in [0.05, 0.1) is 17.4 Å². The van der Waals surface area contributed by atoms with E-state index in [0.717, 1.165) is 0 Å². The minimum absolute atomic E-state index is 0.0875. The van der Waals surface area contributed by atoms with E-state index in [-0.39, 0.29) is 11.6 Å². The number of nitrogens with zero attached hydrogens (tertiary/aromatic N) is 2. The number of pyridine rings is 1. The Morgan fingerprint density at radius 3 is 2.81 bits per heavy atom. The number of amides is 1. The van der Waals surface area contributed by atoms with Crippen molar-refractivity contribution in [2.45, 2.75) is 0 Å². The molecule has 0 aliphatic carbocycles. The largest absolute Gasteiger partial charge is 0.494 e. The van der Waals surface area contributed by atoms with Crippen LogP contribution in [0.4, 0.5) is 5.69 Å². The number of hydrogen-bond donors (Lipinski definition) is 1. The summed E-state index contributed by atoms with van der Waals surface area (Å²) in [6, 6.07) is 4.47. The SMILES string of the molecule is CNC(=O)/C=C/c1ccnc2c(OC)ccc([N+](=O)[O-])c12. The lowest BCUT2D eigenvalue weighted by molar-refractivity contribution is -0.383. The summed E-state index contributed by atoms with van der Waals surface area (Å²) in [5.41, 5.74) is 0.815. The molecule has 0 saturated heterocycles. The van der Waals surface area contributed by atoms with E-state index in [4.69, 9.17) is 4.74 Å². The fourth-order valence-electron chi connectivity index (χ4n) is 1.95. The topological polar surface area (TPSA) is 94.4 Å². The highest BCUT2D eigenvalue weighted by Crippen LogP contribution is 2.34. The first kappa shape index (κ1) is 14.4. The van der Waals surface area contributed by atoms with Crippen molar-refractivity contribution in [3.63, 3.8) is 0 Å². The zero-order valence-electron chi connectivity index (χ0n) is 11.5. The van der Waals surface area contributed by atoms with Crippen molar-refractivity contribution in [3.05, 3.63) is 46.1 Å². The van der Waals surface area contributed by atoms with Gasteiger partial charge >= 0.3 is 0 Å². The molecule has 2 aromatic rings. The van der Waals surface area contributed by atoms with Gasteiger partial charge in [0.2, 0.25) is 5.91 Å². The summed E-state index contributed by atoms with van der Waals surface area (Å²) >= 11 is 0. The molecule has 0 unspecified atom stereocenters. The lowest BCUT2D eigenvalue weighted by Crippen LogP contribution is -2.13. The number of nitrogens with one attached hydrogen (secondary N) is 1. The number of aromatic nitrogens is 1. The molecule has 21 heavy (non-hydrogen) atoms. The van der Waals surface area contributed by atoms with Crippen LogP contribution in [-0.2, 0) is 4.79 Å². The van der Waals surface area contributed by atoms with Crippen molar-refractivity contribution < 1.29 is 14.5 Å². The molecule has 0 fully saturated rings. The summed E-state index contributed by atoms with van der Waals surface area (Å²) in [5, 5.41) is 14.0. The third-order valence-corrected chi connectivity index (χ3v) is 2.94. The maximum absolute atomic E-state index is 11.3. The first-order valence-corrected chi connectivity index (χ1v) is 6.08. The molecule has 7 nitrogen and oxygen atoms in total. The molecular formula is C14H13N3O4. The zero-order chi connectivity index (χ0) is 15.4. The minimum atomic E-state index is -0.485. The fourth-order valence-corrected chi connectivity index (χ4v) is 1.95. The fraction of sp³-hybridized carbons (Fsp3) is 0.143. The van der Waals surface area contributed by atoms with Crippen LogP contribution < -0.4 is 10.1 Å². The molecule has 1 N–H and O–H groups in total. The number of nitro benzene ring substituents is 1. The number of ether oxygens (including phenoxy) is 1. The Bertz CT molecular complexity index is 740. The van der Waals surface area contributed by atoms with Gasteiger partial charge in [0.15, 0.2) is 0 Å². The molecule has 0 radical (unpaired) electrons. The van der Waals surface area contributed by atoms with E-state index in [1.165, 1.54) is 44.6 Å². The maximum Gasteiger partial charge on any atom is 0.279 e. The van der Waals surface area contributed by atoms with Crippen LogP contribution in [-0.4, -0.2) is 30.0 Å². The summed E-state index contributed by atoms with van der Waals surface area (Å²) in [6.45, 7) is 0. The van der Waals surface area contributed by atoms with Crippen molar-refractivity contribution in [1.29, 1.82) is 0 Å². The summed E-state index contributed by atoms with van der Waals surface area (Å²) in [4.78, 5) is 26.1. The number of fused-ring (bicyclic) bond motifs is 1. The molecule has 1 aromatic heterocycles. The number of benzene rings is 1. The highest BCUT2D eigenvalue weighted by molar-refractivity contribution is 6.01. The van der Waals surface area contributed by atoms with E-state index in [0.29, 0.717) is 22.2 Å². The molecular weight excluding hydrogens is 274 g/mol. The molecule has 0 saturated carbocycles. The highest BCUT2D eigenvalue weighted by atomic mass is 16.6. The number of nitro groups is 1. The van der Waals surface area contributed by atoms with Crippen molar-refractivity contribution in [2.24, 2.45) is 0 Å². The first-order valence-electron chi connectivity index (χ1n) is 6.08. The van der Waals surface area contributed by atoms with Crippen molar-refractivity contribution >= 4 is 28.6 Å². The van der Waals surface area contributed by atoms with E-state index in [2.05, 4.69) is 10.3 Å². The summed E-state index contributed by atoms with van der Waals surface area (Å²) in [5.74, 6) is 0.135. The second-order valence-corrected chi connectivity index (χ2v) is 4.12. The van der Waals surface area contributed by atoms with Gasteiger partial charge in [-0.15, -0.1) is 0 Å². The van der Waals surface area contributed by atoms with Gasteiger partial charge in [0, 0.05) is 25.4 Å². The van der Waals surface area contributed by atoms with Gasteiger partial charge < -0.3 is 10.1 Å². The van der Waals surface area contributed by atoms with Gasteiger partial charge in [-0.3, -0.25) is 19.9 Å². The third-order valence-electron chi connectivity index (χ3n) is 2.94. The Labute approximate surface area is 120 Å². The van der Waals surface area contributed by atoms with Crippen LogP contribution in [0.5, 0.6) is 5.75 Å². The van der Waals surface area contributed by atoms with Gasteiger partial charge in [-0.1, -0.05) is 0 Å². The number of methoxy groups -OCH3 is 1. The molecule has 0 bridgehead atoms. The van der Waals surface area contributed by atoms with E-state index in [1.807, 2.05) is 0 Å². The van der Waals surface area contributed by atoms with Crippen molar-refractivity contribution in [3.8, 4) is 5.75 Å². The predicted octanol–water partition coefficient (Wildman–Crippen LogP) is 1.91. The lowest BCUT2D eigenvalue weighted by atomic mass is 10.1. The Hall–Kier alpha value is -2.96. The maximum atomic E-state index is 11.3. The number of carbonyl (C=O) groups is 1. The number of carbonyl (C=O) groups excluding carboxylic acids is 1. The van der Waals surface area contributed by atoms with Gasteiger partial charge in [-0.25, -0.2) is 0 Å². The van der Waals surface area contributed by atoms with Crippen LogP contribution in [0.3, 0.4) is 0 Å². The molecule has 1 heterocycles. The van der Waals surface area contributed by atoms with Gasteiger partial charge in [-0.05, 0) is 23.8 Å². The smallest absolute Gasteiger partial charge is 0.279 e. The van der Waals surface area contributed by atoms with E-state index < -0.39 is 4.92 Å². The van der Waals surface area contributed by atoms with Gasteiger partial charge in [0.1, 0.15) is 11.3 Å². The first-order chi connectivity index (χ1) is 10.1. The second-order valence-electron chi connectivity index (χ2n) is 4.12. The second kappa shape index (κ2) is 6.00. The normalized spacial score (nSPS) is 10.8. The number of hydrogen-bond acceptors (Lipinski definition) is 5. The molecule has 1 aromatic carbocycles. The highest BCUT2D eigenvalue weighted by Gasteiger charge is 2.18. The number of non-ortho nitro benzene ring substituents is 1. The molecule has 0 aliphatic heterocycles. The average Bonchev–Trinajstić information content (AvgIpc) is 2.50. The van der Waals surface area contributed by atoms with Gasteiger partial charge in [0.25, 0.3) is 5.69 Å². The third kappa shape index (κ3) is 2.81. The molecule has 7 heteroatoms. The molecule has 0 atom stereocenters. The summed E-state index contributed by atoms with van der Waals surface area (Å²) in [6.07, 6.45) is 4.32. The van der Waals surface area contributed by atoms with E-state index in [9.17, 15) is 14.9 Å². The molecule has 2 rings (SSSR count). The van der Waals surface area contributed by atoms with E-state index >= 15 is 0 Å². The Morgan fingerprint density at radius 1 is 1.43 bits per heavy atom. The quantitative estimate of drug-likeness (QED) is 0.526. The molecule has 108 valence electrons. The standard InChI is InChI=1S/C14H13N3O4/c1-15-12(18)6-3-9-7-8-16-14-11(21-2)5-4-10(13(9)14)17(19)20/h3-8H,1-2H3,(H,15,18)/b6-3+. The van der Waals surface area contributed by atoms with Crippen molar-refractivity contribution in [1.82, 2.24) is 10.3 Å². The zero-order valence-corrected chi connectivity index (χ0v) is 11.5. The van der Waals surface area contributed by atoms with Crippen LogP contribution in [0.15, 0.2) is 30.5 Å².